The Morgan fingerprint density at radius 1 is 0.700 bits per heavy atom. The number of aromatic hydroxyl groups is 1. The van der Waals surface area contributed by atoms with Gasteiger partial charge in [-0.15, -0.1) is 0 Å². The summed E-state index contributed by atoms with van der Waals surface area (Å²) in [5, 5.41) is 13.5. The molecule has 0 aliphatic carbocycles. The van der Waals surface area contributed by atoms with E-state index in [2.05, 4.69) is 36.4 Å². The summed E-state index contributed by atoms with van der Waals surface area (Å²) in [6.07, 6.45) is 0.183. The minimum atomic E-state index is -2.79. The number of phenolic OH excluding ortho intramolecular Hbond substituents is 1. The van der Waals surface area contributed by atoms with E-state index in [-0.39, 0.29) is 23.3 Å². The first kappa shape index (κ1) is 20.0. The van der Waals surface area contributed by atoms with Crippen LogP contribution in [-0.2, 0) is 0 Å². The van der Waals surface area contributed by atoms with E-state index in [1.54, 1.807) is 0 Å². The average Bonchev–Trinajstić information content (AvgIpc) is 2.80. The fourth-order valence-electron chi connectivity index (χ4n) is 4.04. The van der Waals surface area contributed by atoms with Crippen LogP contribution in [0.4, 0.5) is 4.39 Å². The number of phenols is 1. The molecule has 4 rings (SSSR count). The number of hydrogen-bond acceptors (Lipinski definition) is 2. The molecule has 4 heteroatoms. The van der Waals surface area contributed by atoms with Crippen molar-refractivity contribution in [2.24, 2.45) is 0 Å². The van der Waals surface area contributed by atoms with Gasteiger partial charge in [0.25, 0.3) is 0 Å². The van der Waals surface area contributed by atoms with Crippen LogP contribution in [0.25, 0.3) is 0 Å². The van der Waals surface area contributed by atoms with Crippen LogP contribution in [0, 0.1) is 5.82 Å². The molecule has 2 nitrogen and oxygen atoms in total. The van der Waals surface area contributed by atoms with Gasteiger partial charge in [-0.25, -0.2) is 0 Å². The van der Waals surface area contributed by atoms with Crippen molar-refractivity contribution >= 4 is 29.0 Å². The first-order chi connectivity index (χ1) is 14.6. The number of benzene rings is 4. The zero-order chi connectivity index (χ0) is 21.0. The Balaban J connectivity index is 1.95. The van der Waals surface area contributed by atoms with Crippen LogP contribution in [0.2, 0.25) is 0 Å². The monoisotopic (exact) mass is 416 g/mol. The van der Waals surface area contributed by atoms with E-state index in [0.29, 0.717) is 0 Å². The molecule has 0 bridgehead atoms. The van der Waals surface area contributed by atoms with Gasteiger partial charge in [-0.3, -0.25) is 0 Å². The van der Waals surface area contributed by atoms with Gasteiger partial charge in [0.2, 0.25) is 0 Å². The summed E-state index contributed by atoms with van der Waals surface area (Å²) in [6, 6.07) is 33.6. The normalized spacial score (nSPS) is 11.8. The molecular weight excluding hydrogens is 394 g/mol. The molecule has 30 heavy (non-hydrogen) atoms. The molecule has 150 valence electrons. The van der Waals surface area contributed by atoms with Crippen LogP contribution in [0.5, 0.6) is 5.75 Å². The van der Waals surface area contributed by atoms with Crippen molar-refractivity contribution in [3.63, 3.8) is 0 Å². The van der Waals surface area contributed by atoms with Gasteiger partial charge in [-0.05, 0) is 0 Å². The van der Waals surface area contributed by atoms with E-state index < -0.39 is 13.1 Å². The molecule has 0 spiro atoms. The van der Waals surface area contributed by atoms with Crippen LogP contribution < -0.4 is 15.9 Å². The Morgan fingerprint density at radius 3 is 1.57 bits per heavy atom. The summed E-state index contributed by atoms with van der Waals surface area (Å²) in [7, 11) is -2.79. The topological polar surface area (TPSA) is 37.3 Å². The summed E-state index contributed by atoms with van der Waals surface area (Å²) in [6.45, 7) is 0. The van der Waals surface area contributed by atoms with E-state index in [1.807, 2.05) is 54.6 Å². The Labute approximate surface area is 176 Å². The van der Waals surface area contributed by atoms with Gasteiger partial charge in [0.15, 0.2) is 0 Å². The first-order valence-electron chi connectivity index (χ1n) is 9.79. The molecular formula is C26H22FO2P. The second kappa shape index (κ2) is 8.61. The van der Waals surface area contributed by atoms with Gasteiger partial charge in [0.1, 0.15) is 0 Å². The van der Waals surface area contributed by atoms with Gasteiger partial charge < -0.3 is 0 Å². The van der Waals surface area contributed by atoms with Gasteiger partial charge in [-0.2, -0.15) is 0 Å². The van der Waals surface area contributed by atoms with Crippen LogP contribution in [0.3, 0.4) is 0 Å². The fraction of sp³-hybridized carbons (Fsp3) is 0.0385. The van der Waals surface area contributed by atoms with Gasteiger partial charge in [-0.1, -0.05) is 0 Å². The Kier molecular flexibility index (Phi) is 5.74. The SMILES string of the molecule is O=C(C[PH](c1ccccc1)(c1ccccc1)c1ccccc1)c1cc(F)ccc1O. The molecule has 0 heterocycles. The summed E-state index contributed by atoms with van der Waals surface area (Å²) < 4.78 is 13.9. The molecule has 0 aliphatic rings. The Bertz CT molecular complexity index is 1050. The summed E-state index contributed by atoms with van der Waals surface area (Å²) in [5.41, 5.74) is 0.0228. The predicted octanol–water partition coefficient (Wildman–Crippen LogP) is 4.44. The number of carbonyl (C=O) groups excluding carboxylic acids is 1. The van der Waals surface area contributed by atoms with E-state index >= 15 is 0 Å². The molecule has 4 aromatic rings. The van der Waals surface area contributed by atoms with Crippen LogP contribution in [-0.4, -0.2) is 17.1 Å². The Hall–Kier alpha value is -3.29. The third-order valence-electron chi connectivity index (χ3n) is 5.48. The molecule has 4 aromatic carbocycles. The molecule has 0 radical (unpaired) electrons. The molecule has 1 N–H and O–H groups in total. The molecule has 0 amide bonds. The molecule has 0 aliphatic heterocycles. The van der Waals surface area contributed by atoms with Gasteiger partial charge in [0.05, 0.1) is 0 Å². The van der Waals surface area contributed by atoms with Crippen molar-refractivity contribution in [3.8, 4) is 5.75 Å². The summed E-state index contributed by atoms with van der Waals surface area (Å²) in [4.78, 5) is 13.5. The zero-order valence-electron chi connectivity index (χ0n) is 16.3. The van der Waals surface area contributed by atoms with Gasteiger partial charge in [0, 0.05) is 0 Å². The zero-order valence-corrected chi connectivity index (χ0v) is 17.3. The molecule has 0 unspecified atom stereocenters. The van der Waals surface area contributed by atoms with Crippen molar-refractivity contribution < 1.29 is 14.3 Å². The Morgan fingerprint density at radius 2 is 1.13 bits per heavy atom. The third kappa shape index (κ3) is 3.77. The van der Waals surface area contributed by atoms with Crippen molar-refractivity contribution in [2.75, 3.05) is 6.16 Å². The number of hydrogen-bond donors (Lipinski definition) is 1. The maximum absolute atomic E-state index is 13.9. The van der Waals surface area contributed by atoms with E-state index in [9.17, 15) is 14.3 Å². The standard InChI is InChI=1S/C26H22FO2P/c27-20-16-17-25(28)24(18-20)26(29)19-30(21-10-4-1-5-11-21,22-12-6-2-7-13-22)23-14-8-3-9-15-23/h1-18,28,30H,19H2. The minimum absolute atomic E-state index is 0.0228. The van der Waals surface area contributed by atoms with Gasteiger partial charge >= 0.3 is 176 Å². The van der Waals surface area contributed by atoms with Crippen molar-refractivity contribution in [2.45, 2.75) is 0 Å². The van der Waals surface area contributed by atoms with Crippen molar-refractivity contribution in [3.05, 3.63) is 121 Å². The molecule has 0 saturated carbocycles. The van der Waals surface area contributed by atoms with E-state index in [0.717, 1.165) is 28.0 Å². The maximum atomic E-state index is 13.9. The predicted molar refractivity (Wildman–Crippen MR) is 124 cm³/mol. The number of rotatable bonds is 6. The second-order valence-electron chi connectivity index (χ2n) is 7.26. The summed E-state index contributed by atoms with van der Waals surface area (Å²) in [5.74, 6) is -1.00. The molecule has 0 aromatic heterocycles. The number of ketones is 1. The van der Waals surface area contributed by atoms with Crippen molar-refractivity contribution in [1.29, 1.82) is 0 Å². The molecule has 0 fully saturated rings. The average molecular weight is 416 g/mol. The number of halogens is 1. The molecule has 0 atom stereocenters. The first-order valence-corrected chi connectivity index (χ1v) is 12.0. The second-order valence-corrected chi connectivity index (χ2v) is 11.2. The van der Waals surface area contributed by atoms with E-state index in [1.165, 1.54) is 6.07 Å². The van der Waals surface area contributed by atoms with Crippen LogP contribution in [0.1, 0.15) is 10.4 Å². The third-order valence-corrected chi connectivity index (χ3v) is 10.3. The van der Waals surface area contributed by atoms with Crippen LogP contribution in [0.15, 0.2) is 109 Å². The quantitative estimate of drug-likeness (QED) is 0.373. The molecule has 0 saturated heterocycles. The number of carbonyl (C=O) groups is 1. The van der Waals surface area contributed by atoms with Crippen molar-refractivity contribution in [1.82, 2.24) is 0 Å². The van der Waals surface area contributed by atoms with E-state index in [4.69, 9.17) is 0 Å². The fourth-order valence-corrected chi connectivity index (χ4v) is 8.61. The number of Topliss-reactive ketones (excluding diaryl/α,β-unsaturated/α-hetero) is 1. The van der Waals surface area contributed by atoms with Crippen LogP contribution >= 0.6 is 7.26 Å². The summed E-state index contributed by atoms with van der Waals surface area (Å²) >= 11 is 0.